The number of aryl methyl sites for hydroxylation is 1. The van der Waals surface area contributed by atoms with Gasteiger partial charge in [0.25, 0.3) is 0 Å². The van der Waals surface area contributed by atoms with Crippen molar-refractivity contribution in [3.63, 3.8) is 0 Å². The molecule has 0 aliphatic rings. The van der Waals surface area contributed by atoms with Crippen molar-refractivity contribution in [3.8, 4) is 6.07 Å². The molecule has 2 aromatic carbocycles. The molecule has 0 atom stereocenters. The Hall–Kier alpha value is -3.13. The minimum absolute atomic E-state index is 0.259. The number of hydrogen-bond acceptors (Lipinski definition) is 3. The molecule has 2 amide bonds. The number of benzene rings is 2. The number of para-hydroxylation sites is 1. The first kappa shape index (κ1) is 17.2. The molecule has 0 heterocycles. The second kappa shape index (κ2) is 9.11. The van der Waals surface area contributed by atoms with Crippen LogP contribution in [0.4, 0.5) is 5.69 Å². The van der Waals surface area contributed by atoms with Crippen LogP contribution >= 0.6 is 0 Å². The standard InChI is InChI=1S/C19H19N3O2/c20-14-16-10-4-5-11-17(16)22-19(24)13-18(23)21-12-6-9-15-7-2-1-3-8-15/h1-5,7-8,10-11H,6,9,12-13H2,(H,21,23)(H,22,24). The van der Waals surface area contributed by atoms with Crippen molar-refractivity contribution in [3.05, 3.63) is 65.7 Å². The van der Waals surface area contributed by atoms with E-state index >= 15 is 0 Å². The summed E-state index contributed by atoms with van der Waals surface area (Å²) >= 11 is 0. The van der Waals surface area contributed by atoms with Crippen LogP contribution in [0.2, 0.25) is 0 Å². The van der Waals surface area contributed by atoms with Crippen LogP contribution in [-0.4, -0.2) is 18.4 Å². The lowest BCUT2D eigenvalue weighted by Crippen LogP contribution is -2.29. The highest BCUT2D eigenvalue weighted by molar-refractivity contribution is 6.04. The molecule has 24 heavy (non-hydrogen) atoms. The molecule has 2 rings (SSSR count). The Morgan fingerprint density at radius 1 is 0.958 bits per heavy atom. The first-order valence-electron chi connectivity index (χ1n) is 7.78. The van der Waals surface area contributed by atoms with Crippen molar-refractivity contribution in [2.45, 2.75) is 19.3 Å². The molecular formula is C19H19N3O2. The molecule has 0 radical (unpaired) electrons. The van der Waals surface area contributed by atoms with Gasteiger partial charge >= 0.3 is 0 Å². The summed E-state index contributed by atoms with van der Waals surface area (Å²) in [7, 11) is 0. The minimum Gasteiger partial charge on any atom is -0.356 e. The molecule has 0 aliphatic heterocycles. The predicted octanol–water partition coefficient (Wildman–Crippen LogP) is 2.64. The first-order valence-corrected chi connectivity index (χ1v) is 7.78. The summed E-state index contributed by atoms with van der Waals surface area (Å²) in [5, 5.41) is 14.3. The molecule has 2 N–H and O–H groups in total. The van der Waals surface area contributed by atoms with Crippen LogP contribution in [0.3, 0.4) is 0 Å². The van der Waals surface area contributed by atoms with Gasteiger partial charge in [-0.1, -0.05) is 42.5 Å². The molecular weight excluding hydrogens is 302 g/mol. The van der Waals surface area contributed by atoms with Gasteiger partial charge in [-0.15, -0.1) is 0 Å². The van der Waals surface area contributed by atoms with Crippen LogP contribution in [0.5, 0.6) is 0 Å². The third kappa shape index (κ3) is 5.58. The smallest absolute Gasteiger partial charge is 0.233 e. The number of anilines is 1. The van der Waals surface area contributed by atoms with Gasteiger partial charge in [0.2, 0.25) is 11.8 Å². The Balaban J connectivity index is 1.70. The van der Waals surface area contributed by atoms with Crippen molar-refractivity contribution in [2.75, 3.05) is 11.9 Å². The lowest BCUT2D eigenvalue weighted by atomic mass is 10.1. The zero-order chi connectivity index (χ0) is 17.2. The van der Waals surface area contributed by atoms with E-state index in [-0.39, 0.29) is 12.3 Å². The SMILES string of the molecule is N#Cc1ccccc1NC(=O)CC(=O)NCCCc1ccccc1. The lowest BCUT2D eigenvalue weighted by molar-refractivity contribution is -0.126. The van der Waals surface area contributed by atoms with Gasteiger partial charge < -0.3 is 10.6 Å². The fourth-order valence-electron chi connectivity index (χ4n) is 2.26. The highest BCUT2D eigenvalue weighted by Crippen LogP contribution is 2.13. The first-order chi connectivity index (χ1) is 11.7. The molecule has 5 nitrogen and oxygen atoms in total. The summed E-state index contributed by atoms with van der Waals surface area (Å²) in [5.41, 5.74) is 2.01. The van der Waals surface area contributed by atoms with Crippen LogP contribution in [0.15, 0.2) is 54.6 Å². The maximum atomic E-state index is 11.9. The number of carbonyl (C=O) groups excluding carboxylic acids is 2. The van der Waals surface area contributed by atoms with Gasteiger partial charge in [0.1, 0.15) is 12.5 Å². The summed E-state index contributed by atoms with van der Waals surface area (Å²) in [6.45, 7) is 0.524. The highest BCUT2D eigenvalue weighted by Gasteiger charge is 2.11. The van der Waals surface area contributed by atoms with E-state index < -0.39 is 5.91 Å². The number of rotatable bonds is 7. The molecule has 0 bridgehead atoms. The summed E-state index contributed by atoms with van der Waals surface area (Å²) in [4.78, 5) is 23.6. The number of carbonyl (C=O) groups is 2. The maximum Gasteiger partial charge on any atom is 0.233 e. The summed E-state index contributed by atoms with van der Waals surface area (Å²) in [6, 6.07) is 18.7. The van der Waals surface area contributed by atoms with Crippen molar-refractivity contribution >= 4 is 17.5 Å². The van der Waals surface area contributed by atoms with Gasteiger partial charge in [-0.05, 0) is 30.5 Å². The number of amides is 2. The average molecular weight is 321 g/mol. The van der Waals surface area contributed by atoms with E-state index in [1.807, 2.05) is 36.4 Å². The fourth-order valence-corrected chi connectivity index (χ4v) is 2.26. The number of nitrogens with zero attached hydrogens (tertiary/aromatic N) is 1. The van der Waals surface area contributed by atoms with Crippen molar-refractivity contribution < 1.29 is 9.59 Å². The summed E-state index contributed by atoms with van der Waals surface area (Å²) in [5.74, 6) is -0.756. The Morgan fingerprint density at radius 2 is 1.67 bits per heavy atom. The van der Waals surface area contributed by atoms with E-state index in [2.05, 4.69) is 10.6 Å². The highest BCUT2D eigenvalue weighted by atomic mass is 16.2. The minimum atomic E-state index is -0.432. The zero-order valence-electron chi connectivity index (χ0n) is 13.3. The van der Waals surface area contributed by atoms with Gasteiger partial charge in [-0.2, -0.15) is 5.26 Å². The van der Waals surface area contributed by atoms with E-state index in [0.717, 1.165) is 12.8 Å². The fraction of sp³-hybridized carbons (Fsp3) is 0.211. The van der Waals surface area contributed by atoms with Crippen LogP contribution < -0.4 is 10.6 Å². The molecule has 0 saturated carbocycles. The predicted molar refractivity (Wildman–Crippen MR) is 92.2 cm³/mol. The number of nitrogens with one attached hydrogen (secondary N) is 2. The average Bonchev–Trinajstić information content (AvgIpc) is 2.60. The molecule has 0 spiro atoms. The van der Waals surface area contributed by atoms with Crippen LogP contribution in [0.1, 0.15) is 24.0 Å². The van der Waals surface area contributed by atoms with Gasteiger partial charge in [-0.3, -0.25) is 9.59 Å². The monoisotopic (exact) mass is 321 g/mol. The Labute approximate surface area is 141 Å². The third-order valence-electron chi connectivity index (χ3n) is 3.45. The van der Waals surface area contributed by atoms with Gasteiger partial charge in [0, 0.05) is 6.54 Å². The maximum absolute atomic E-state index is 11.9. The van der Waals surface area contributed by atoms with Gasteiger partial charge in [0.15, 0.2) is 0 Å². The molecule has 0 unspecified atom stereocenters. The Bertz CT molecular complexity index is 736. The quantitative estimate of drug-likeness (QED) is 0.607. The Kier molecular flexibility index (Phi) is 6.54. The second-order valence-corrected chi connectivity index (χ2v) is 5.32. The van der Waals surface area contributed by atoms with E-state index in [9.17, 15) is 9.59 Å². The second-order valence-electron chi connectivity index (χ2n) is 5.32. The van der Waals surface area contributed by atoms with E-state index in [0.29, 0.717) is 17.8 Å². The zero-order valence-corrected chi connectivity index (χ0v) is 13.3. The van der Waals surface area contributed by atoms with E-state index in [4.69, 9.17) is 5.26 Å². The summed E-state index contributed by atoms with van der Waals surface area (Å²) in [6.07, 6.45) is 1.43. The molecule has 0 saturated heterocycles. The van der Waals surface area contributed by atoms with Crippen LogP contribution in [0, 0.1) is 11.3 Å². The van der Waals surface area contributed by atoms with Crippen LogP contribution in [0.25, 0.3) is 0 Å². The molecule has 2 aromatic rings. The third-order valence-corrected chi connectivity index (χ3v) is 3.45. The molecule has 5 heteroatoms. The number of hydrogen-bond donors (Lipinski definition) is 2. The molecule has 0 aliphatic carbocycles. The normalized spacial score (nSPS) is 9.79. The van der Waals surface area contributed by atoms with Gasteiger partial charge in [-0.25, -0.2) is 0 Å². The Morgan fingerprint density at radius 3 is 2.42 bits per heavy atom. The van der Waals surface area contributed by atoms with Crippen LogP contribution in [-0.2, 0) is 16.0 Å². The largest absolute Gasteiger partial charge is 0.356 e. The van der Waals surface area contributed by atoms with Crippen molar-refractivity contribution in [2.24, 2.45) is 0 Å². The van der Waals surface area contributed by atoms with E-state index in [1.165, 1.54) is 5.56 Å². The number of nitriles is 1. The lowest BCUT2D eigenvalue weighted by Gasteiger charge is -2.08. The summed E-state index contributed by atoms with van der Waals surface area (Å²) < 4.78 is 0. The van der Waals surface area contributed by atoms with Crippen molar-refractivity contribution in [1.29, 1.82) is 5.26 Å². The molecule has 0 aromatic heterocycles. The molecule has 122 valence electrons. The molecule has 0 fully saturated rings. The van der Waals surface area contributed by atoms with E-state index in [1.54, 1.807) is 24.3 Å². The van der Waals surface area contributed by atoms with Crippen molar-refractivity contribution in [1.82, 2.24) is 5.32 Å². The van der Waals surface area contributed by atoms with Gasteiger partial charge in [0.05, 0.1) is 11.3 Å². The topological polar surface area (TPSA) is 82.0 Å².